The Morgan fingerprint density at radius 2 is 2.09 bits per heavy atom. The number of alkyl halides is 3. The number of rotatable bonds is 1. The van der Waals surface area contributed by atoms with Gasteiger partial charge in [-0.15, -0.1) is 13.2 Å². The molecule has 0 radical (unpaired) electrons. The zero-order valence-corrected chi connectivity index (χ0v) is 7.39. The van der Waals surface area contributed by atoms with Crippen LogP contribution >= 0.6 is 20.7 Å². The molecule has 1 aliphatic heterocycles. The van der Waals surface area contributed by atoms with Crippen molar-refractivity contribution in [3.63, 3.8) is 0 Å². The van der Waals surface area contributed by atoms with Crippen LogP contribution in [-0.4, -0.2) is 10.4 Å². The molecular weight excluding hydrogens is 272 g/mol. The predicted molar refractivity (Wildman–Crippen MR) is 44.4 cm³/mol. The van der Waals surface area contributed by atoms with E-state index < -0.39 is 6.36 Å². The average Bonchev–Trinajstić information content (AvgIpc) is 1.85. The molecule has 1 rings (SSSR count). The first kappa shape index (κ1) is 8.76. The van der Waals surface area contributed by atoms with Crippen molar-refractivity contribution in [2.75, 3.05) is 0 Å². The molecule has 0 aromatic carbocycles. The highest BCUT2D eigenvalue weighted by atomic mass is 127. The molecule has 0 aromatic heterocycles. The molecule has 0 amide bonds. The fourth-order valence-corrected chi connectivity index (χ4v) is 1.84. The van der Waals surface area contributed by atoms with Crippen molar-refractivity contribution >= 4 is 24.7 Å². The number of hydrogen-bond donors (Lipinski definition) is 0. The van der Waals surface area contributed by atoms with Gasteiger partial charge in [0.05, 0.1) is 0 Å². The van der Waals surface area contributed by atoms with E-state index in [-0.39, 0.29) is 26.5 Å². The van der Waals surface area contributed by atoms with Crippen LogP contribution in [0.2, 0.25) is 0 Å². The smallest absolute Gasteiger partial charge is 0.405 e. The van der Waals surface area contributed by atoms with E-state index in [0.717, 1.165) is 0 Å². The SMILES string of the molecule is FC(F)(F)OC1=CI=CC=C1. The van der Waals surface area contributed by atoms with Gasteiger partial charge in [0.15, 0.2) is 0 Å². The summed E-state index contributed by atoms with van der Waals surface area (Å²) in [7, 11) is 0. The minimum absolute atomic E-state index is 0.0900. The van der Waals surface area contributed by atoms with Crippen molar-refractivity contribution in [1.82, 2.24) is 0 Å². The van der Waals surface area contributed by atoms with Gasteiger partial charge < -0.3 is 4.74 Å². The fraction of sp³-hybridized carbons (Fsp3) is 0.167. The van der Waals surface area contributed by atoms with E-state index >= 15 is 0 Å². The van der Waals surface area contributed by atoms with Crippen LogP contribution in [0.4, 0.5) is 13.2 Å². The second kappa shape index (κ2) is 3.38. The van der Waals surface area contributed by atoms with Gasteiger partial charge in [-0.25, -0.2) is 0 Å². The lowest BCUT2D eigenvalue weighted by Gasteiger charge is -2.09. The third-order valence-electron chi connectivity index (χ3n) is 0.810. The topological polar surface area (TPSA) is 9.23 Å². The van der Waals surface area contributed by atoms with Crippen LogP contribution in [0.15, 0.2) is 22.0 Å². The van der Waals surface area contributed by atoms with Gasteiger partial charge in [-0.05, 0) is 10.1 Å². The highest BCUT2D eigenvalue weighted by molar-refractivity contribution is 14.2. The Balaban J connectivity index is 2.58. The fourth-order valence-electron chi connectivity index (χ4n) is 0.498. The van der Waals surface area contributed by atoms with E-state index in [4.69, 9.17) is 0 Å². The molecule has 0 spiro atoms. The monoisotopic (exact) mass is 276 g/mol. The summed E-state index contributed by atoms with van der Waals surface area (Å²) in [6, 6.07) is 0. The predicted octanol–water partition coefficient (Wildman–Crippen LogP) is 2.71. The Labute approximate surface area is 71.3 Å². The number of allylic oxidation sites excluding steroid dienone is 2. The van der Waals surface area contributed by atoms with Gasteiger partial charge in [-0.3, -0.25) is 0 Å². The molecule has 0 saturated heterocycles. The quantitative estimate of drug-likeness (QED) is 0.669. The Hall–Kier alpha value is -0.330. The molecule has 1 heterocycles. The standard InChI is InChI=1S/C6H4F3IO/c7-6(8,9)11-5-2-1-3-10-4-5/h1-4H. The lowest BCUT2D eigenvalue weighted by Crippen LogP contribution is -2.12. The van der Waals surface area contributed by atoms with Crippen LogP contribution < -0.4 is 0 Å². The summed E-state index contributed by atoms with van der Waals surface area (Å²) in [6.45, 7) is 0. The molecule has 5 heteroatoms. The van der Waals surface area contributed by atoms with Gasteiger partial charge in [0, 0.05) is 4.08 Å². The first-order valence-electron chi connectivity index (χ1n) is 2.66. The van der Waals surface area contributed by atoms with Gasteiger partial charge in [-0.1, -0.05) is 26.8 Å². The molecule has 0 bridgehead atoms. The zero-order valence-electron chi connectivity index (χ0n) is 5.23. The molecule has 62 valence electrons. The Kier molecular flexibility index (Phi) is 2.69. The normalized spacial score (nSPS) is 17.2. The molecule has 1 aliphatic rings. The van der Waals surface area contributed by atoms with Crippen molar-refractivity contribution in [2.24, 2.45) is 0 Å². The molecule has 0 saturated carbocycles. The largest absolute Gasteiger partial charge is 0.573 e. The van der Waals surface area contributed by atoms with Crippen molar-refractivity contribution < 1.29 is 17.9 Å². The Morgan fingerprint density at radius 3 is 2.55 bits per heavy atom. The van der Waals surface area contributed by atoms with Crippen LogP contribution in [0.25, 0.3) is 0 Å². The highest BCUT2D eigenvalue weighted by Crippen LogP contribution is 2.24. The minimum atomic E-state index is -4.56. The maximum atomic E-state index is 11.5. The third kappa shape index (κ3) is 3.54. The zero-order chi connectivity index (χ0) is 8.32. The first-order valence-corrected chi connectivity index (χ1v) is 5.15. The summed E-state index contributed by atoms with van der Waals surface area (Å²) in [6.07, 6.45) is -1.68. The molecule has 0 atom stereocenters. The second-order valence-electron chi connectivity index (χ2n) is 1.67. The van der Waals surface area contributed by atoms with Gasteiger partial charge in [0.25, 0.3) is 0 Å². The van der Waals surface area contributed by atoms with Crippen molar-refractivity contribution in [2.45, 2.75) is 6.36 Å². The number of halogens is 4. The maximum Gasteiger partial charge on any atom is 0.573 e. The van der Waals surface area contributed by atoms with Gasteiger partial charge in [0.2, 0.25) is 0 Å². The molecule has 0 aromatic rings. The van der Waals surface area contributed by atoms with E-state index in [1.54, 1.807) is 6.08 Å². The van der Waals surface area contributed by atoms with Crippen LogP contribution in [0.1, 0.15) is 0 Å². The first-order chi connectivity index (χ1) is 5.08. The van der Waals surface area contributed by atoms with Gasteiger partial charge in [-0.2, -0.15) is 0 Å². The van der Waals surface area contributed by atoms with Crippen LogP contribution in [-0.2, 0) is 4.74 Å². The van der Waals surface area contributed by atoms with Gasteiger partial charge >= 0.3 is 6.36 Å². The summed E-state index contributed by atoms with van der Waals surface area (Å²) < 4.78 is 41.6. The number of hydrogen-bond acceptors (Lipinski definition) is 1. The Morgan fingerprint density at radius 1 is 1.36 bits per heavy atom. The molecule has 0 N–H and O–H groups in total. The minimum Gasteiger partial charge on any atom is -0.405 e. The van der Waals surface area contributed by atoms with Crippen LogP contribution in [0, 0.1) is 0 Å². The molecule has 11 heavy (non-hydrogen) atoms. The average molecular weight is 276 g/mol. The van der Waals surface area contributed by atoms with Crippen molar-refractivity contribution in [3.8, 4) is 0 Å². The van der Waals surface area contributed by atoms with Crippen molar-refractivity contribution in [3.05, 3.63) is 22.0 Å². The molecule has 0 fully saturated rings. The summed E-state index contributed by atoms with van der Waals surface area (Å²) in [5.74, 6) is -0.0900. The lowest BCUT2D eigenvalue weighted by molar-refractivity contribution is -0.303. The van der Waals surface area contributed by atoms with Crippen LogP contribution in [0.3, 0.4) is 0 Å². The van der Waals surface area contributed by atoms with Crippen molar-refractivity contribution in [1.29, 1.82) is 0 Å². The summed E-state index contributed by atoms with van der Waals surface area (Å²) in [5.41, 5.74) is 0. The summed E-state index contributed by atoms with van der Waals surface area (Å²) >= 11 is -0.379. The summed E-state index contributed by atoms with van der Waals surface area (Å²) in [4.78, 5) is 0. The second-order valence-corrected chi connectivity index (χ2v) is 3.73. The van der Waals surface area contributed by atoms with Crippen LogP contribution in [0.5, 0.6) is 0 Å². The van der Waals surface area contributed by atoms with Gasteiger partial charge in [0.1, 0.15) is 5.76 Å². The highest BCUT2D eigenvalue weighted by Gasteiger charge is 2.31. The molecular formula is C6H4F3IO. The lowest BCUT2D eigenvalue weighted by atomic mass is 10.5. The van der Waals surface area contributed by atoms with E-state index in [2.05, 4.69) is 4.74 Å². The molecule has 0 aliphatic carbocycles. The van der Waals surface area contributed by atoms with E-state index in [1.165, 1.54) is 10.2 Å². The number of ether oxygens (including phenoxy) is 1. The van der Waals surface area contributed by atoms with E-state index in [1.807, 2.05) is 4.01 Å². The maximum absolute atomic E-state index is 11.5. The van der Waals surface area contributed by atoms with E-state index in [9.17, 15) is 13.2 Å². The molecule has 0 unspecified atom stereocenters. The third-order valence-corrected chi connectivity index (χ3v) is 2.61. The summed E-state index contributed by atoms with van der Waals surface area (Å²) in [5, 5.41) is 0. The Bertz CT molecular complexity index is 226. The molecule has 1 nitrogen and oxygen atoms in total. The van der Waals surface area contributed by atoms with E-state index in [0.29, 0.717) is 0 Å².